The molecule has 0 radical (unpaired) electrons. The largest absolute Gasteiger partial charge is 0.339 e. The number of aromatic nitrogens is 2. The summed E-state index contributed by atoms with van der Waals surface area (Å²) < 4.78 is 5.30. The van der Waals surface area contributed by atoms with E-state index >= 15 is 0 Å². The fourth-order valence-corrected chi connectivity index (χ4v) is 3.08. The molecule has 1 aromatic heterocycles. The van der Waals surface area contributed by atoms with Gasteiger partial charge in [0.25, 0.3) is 0 Å². The molecule has 0 saturated carbocycles. The van der Waals surface area contributed by atoms with E-state index in [0.717, 1.165) is 31.4 Å². The van der Waals surface area contributed by atoms with Gasteiger partial charge in [0.2, 0.25) is 11.8 Å². The highest BCUT2D eigenvalue weighted by atomic mass is 16.5. The summed E-state index contributed by atoms with van der Waals surface area (Å²) in [5.74, 6) is 1.65. The van der Waals surface area contributed by atoms with Crippen LogP contribution in [-0.2, 0) is 4.79 Å². The standard InChI is InChI=1S/C20H25N3O2/c1-15(2)20-21-19(22-25-20)17-12-8-14-23(17)18(24)13-7-6-11-16-9-4-3-5-10-16/h3-6,9-11,15,17H,7-8,12-14H2,1-2H3. The van der Waals surface area contributed by atoms with Gasteiger partial charge in [0, 0.05) is 18.9 Å². The maximum absolute atomic E-state index is 12.6. The summed E-state index contributed by atoms with van der Waals surface area (Å²) in [5, 5.41) is 4.09. The number of rotatable bonds is 6. The van der Waals surface area contributed by atoms with Gasteiger partial charge < -0.3 is 9.42 Å². The van der Waals surface area contributed by atoms with E-state index in [0.29, 0.717) is 18.1 Å². The molecule has 0 aliphatic carbocycles. The Balaban J connectivity index is 1.56. The molecule has 1 aromatic carbocycles. The van der Waals surface area contributed by atoms with E-state index in [2.05, 4.69) is 34.4 Å². The van der Waals surface area contributed by atoms with Crippen molar-refractivity contribution in [1.82, 2.24) is 15.0 Å². The minimum Gasteiger partial charge on any atom is -0.339 e. The van der Waals surface area contributed by atoms with E-state index in [-0.39, 0.29) is 17.9 Å². The van der Waals surface area contributed by atoms with Gasteiger partial charge >= 0.3 is 0 Å². The minimum atomic E-state index is -0.0400. The van der Waals surface area contributed by atoms with Gasteiger partial charge in [0.15, 0.2) is 5.82 Å². The van der Waals surface area contributed by atoms with Crippen molar-refractivity contribution in [3.63, 3.8) is 0 Å². The molecule has 5 heteroatoms. The van der Waals surface area contributed by atoms with Crippen LogP contribution in [0.5, 0.6) is 0 Å². The van der Waals surface area contributed by atoms with Gasteiger partial charge in [-0.2, -0.15) is 4.98 Å². The third kappa shape index (κ3) is 4.35. The van der Waals surface area contributed by atoms with Crippen molar-refractivity contribution in [2.24, 2.45) is 0 Å². The summed E-state index contributed by atoms with van der Waals surface area (Å²) in [6.45, 7) is 4.82. The Labute approximate surface area is 148 Å². The first-order valence-electron chi connectivity index (χ1n) is 8.99. The lowest BCUT2D eigenvalue weighted by Gasteiger charge is -2.22. The summed E-state index contributed by atoms with van der Waals surface area (Å²) in [5.41, 5.74) is 1.15. The number of carbonyl (C=O) groups is 1. The molecule has 25 heavy (non-hydrogen) atoms. The summed E-state index contributed by atoms with van der Waals surface area (Å²) in [4.78, 5) is 19.0. The van der Waals surface area contributed by atoms with Crippen LogP contribution in [0.2, 0.25) is 0 Å². The highest BCUT2D eigenvalue weighted by molar-refractivity contribution is 5.77. The smallest absolute Gasteiger partial charge is 0.229 e. The molecule has 1 atom stereocenters. The zero-order valence-electron chi connectivity index (χ0n) is 14.9. The first-order valence-corrected chi connectivity index (χ1v) is 8.99. The number of hydrogen-bond donors (Lipinski definition) is 0. The number of likely N-dealkylation sites (tertiary alicyclic amines) is 1. The molecule has 132 valence electrons. The second-order valence-corrected chi connectivity index (χ2v) is 6.74. The van der Waals surface area contributed by atoms with Crippen LogP contribution in [0.25, 0.3) is 6.08 Å². The average Bonchev–Trinajstić information content (AvgIpc) is 3.28. The van der Waals surface area contributed by atoms with Crippen molar-refractivity contribution in [2.75, 3.05) is 6.54 Å². The second kappa shape index (κ2) is 8.10. The average molecular weight is 339 g/mol. The lowest BCUT2D eigenvalue weighted by molar-refractivity contribution is -0.132. The number of nitrogens with zero attached hydrogens (tertiary/aromatic N) is 3. The van der Waals surface area contributed by atoms with Crippen LogP contribution in [0.15, 0.2) is 40.9 Å². The molecular formula is C20H25N3O2. The molecule has 5 nitrogen and oxygen atoms in total. The molecule has 1 amide bonds. The van der Waals surface area contributed by atoms with Crippen LogP contribution in [0.1, 0.15) is 68.8 Å². The van der Waals surface area contributed by atoms with Gasteiger partial charge in [-0.1, -0.05) is 61.5 Å². The normalized spacial score (nSPS) is 17.7. The van der Waals surface area contributed by atoms with Crippen LogP contribution in [0.3, 0.4) is 0 Å². The Kier molecular flexibility index (Phi) is 5.64. The Morgan fingerprint density at radius 3 is 2.88 bits per heavy atom. The number of allylic oxidation sites excluding steroid dienone is 1. The quantitative estimate of drug-likeness (QED) is 0.785. The van der Waals surface area contributed by atoms with Crippen molar-refractivity contribution in [3.05, 3.63) is 53.7 Å². The molecule has 2 aromatic rings. The molecule has 1 fully saturated rings. The molecule has 3 rings (SSSR count). The first kappa shape index (κ1) is 17.4. The minimum absolute atomic E-state index is 0.0400. The van der Waals surface area contributed by atoms with Gasteiger partial charge in [-0.15, -0.1) is 0 Å². The first-order chi connectivity index (χ1) is 12.1. The highest BCUT2D eigenvalue weighted by Gasteiger charge is 2.33. The van der Waals surface area contributed by atoms with Crippen molar-refractivity contribution in [1.29, 1.82) is 0 Å². The van der Waals surface area contributed by atoms with E-state index in [1.54, 1.807) is 0 Å². The molecule has 1 unspecified atom stereocenters. The molecular weight excluding hydrogens is 314 g/mol. The molecule has 1 aliphatic rings. The summed E-state index contributed by atoms with van der Waals surface area (Å²) >= 11 is 0. The number of carbonyl (C=O) groups excluding carboxylic acids is 1. The number of amides is 1. The van der Waals surface area contributed by atoms with Crippen LogP contribution in [-0.4, -0.2) is 27.5 Å². The Morgan fingerprint density at radius 1 is 1.36 bits per heavy atom. The van der Waals surface area contributed by atoms with Crippen LogP contribution in [0, 0.1) is 0 Å². The molecule has 1 saturated heterocycles. The second-order valence-electron chi connectivity index (χ2n) is 6.74. The van der Waals surface area contributed by atoms with Gasteiger partial charge in [0.1, 0.15) is 0 Å². The SMILES string of the molecule is CC(C)c1nc(C2CCCN2C(=O)CCC=Cc2ccccc2)no1. The predicted molar refractivity (Wildman–Crippen MR) is 96.8 cm³/mol. The van der Waals surface area contributed by atoms with E-state index in [4.69, 9.17) is 4.52 Å². The Morgan fingerprint density at radius 2 is 2.16 bits per heavy atom. The topological polar surface area (TPSA) is 59.2 Å². The van der Waals surface area contributed by atoms with Crippen molar-refractivity contribution in [3.8, 4) is 0 Å². The maximum Gasteiger partial charge on any atom is 0.229 e. The van der Waals surface area contributed by atoms with Gasteiger partial charge in [-0.25, -0.2) is 0 Å². The van der Waals surface area contributed by atoms with E-state index in [1.807, 2.05) is 36.9 Å². The monoisotopic (exact) mass is 339 g/mol. The lowest BCUT2D eigenvalue weighted by atomic mass is 10.1. The molecule has 2 heterocycles. The van der Waals surface area contributed by atoms with Gasteiger partial charge in [-0.05, 0) is 24.8 Å². The maximum atomic E-state index is 12.6. The number of hydrogen-bond acceptors (Lipinski definition) is 4. The molecule has 0 spiro atoms. The third-order valence-corrected chi connectivity index (χ3v) is 4.46. The van der Waals surface area contributed by atoms with Gasteiger partial charge in [-0.3, -0.25) is 4.79 Å². The summed E-state index contributed by atoms with van der Waals surface area (Å²) in [6.07, 6.45) is 7.26. The van der Waals surface area contributed by atoms with Crippen molar-refractivity contribution < 1.29 is 9.32 Å². The fraction of sp³-hybridized carbons (Fsp3) is 0.450. The molecule has 0 bridgehead atoms. The van der Waals surface area contributed by atoms with Crippen LogP contribution < -0.4 is 0 Å². The predicted octanol–water partition coefficient (Wildman–Crippen LogP) is 4.35. The van der Waals surface area contributed by atoms with Crippen LogP contribution in [0.4, 0.5) is 0 Å². The van der Waals surface area contributed by atoms with Crippen LogP contribution >= 0.6 is 0 Å². The van der Waals surface area contributed by atoms with Crippen molar-refractivity contribution in [2.45, 2.75) is 51.5 Å². The highest BCUT2D eigenvalue weighted by Crippen LogP contribution is 2.31. The zero-order chi connectivity index (χ0) is 17.6. The fourth-order valence-electron chi connectivity index (χ4n) is 3.08. The van der Waals surface area contributed by atoms with E-state index in [9.17, 15) is 4.79 Å². The third-order valence-electron chi connectivity index (χ3n) is 4.46. The summed E-state index contributed by atoms with van der Waals surface area (Å²) in [7, 11) is 0. The number of benzene rings is 1. The van der Waals surface area contributed by atoms with E-state index < -0.39 is 0 Å². The Bertz CT molecular complexity index is 722. The molecule has 0 N–H and O–H groups in total. The van der Waals surface area contributed by atoms with E-state index in [1.165, 1.54) is 0 Å². The Hall–Kier alpha value is -2.43. The van der Waals surface area contributed by atoms with Crippen molar-refractivity contribution >= 4 is 12.0 Å². The van der Waals surface area contributed by atoms with Gasteiger partial charge in [0.05, 0.1) is 6.04 Å². The zero-order valence-corrected chi connectivity index (χ0v) is 14.9. The summed E-state index contributed by atoms with van der Waals surface area (Å²) in [6, 6.07) is 10.1. The lowest BCUT2D eigenvalue weighted by Crippen LogP contribution is -2.30. The molecule has 1 aliphatic heterocycles.